The molecule has 0 atom stereocenters. The maximum absolute atomic E-state index is 12.5. The van der Waals surface area contributed by atoms with Crippen LogP contribution in [0.3, 0.4) is 0 Å². The molecule has 0 aliphatic carbocycles. The third-order valence-electron chi connectivity index (χ3n) is 2.01. The zero-order valence-corrected chi connectivity index (χ0v) is 9.28. The number of halogens is 4. The van der Waals surface area contributed by atoms with Gasteiger partial charge in [0.1, 0.15) is 0 Å². The fourth-order valence-electron chi connectivity index (χ4n) is 1.40. The molecule has 0 aromatic heterocycles. The summed E-state index contributed by atoms with van der Waals surface area (Å²) in [6, 6.07) is 4.04. The first-order valence-corrected chi connectivity index (χ1v) is 5.04. The minimum atomic E-state index is -4.37. The second kappa shape index (κ2) is 4.44. The van der Waals surface area contributed by atoms with Gasteiger partial charge in [0.05, 0.1) is 10.6 Å². The van der Waals surface area contributed by atoms with Crippen molar-refractivity contribution in [3.05, 3.63) is 34.3 Å². The van der Waals surface area contributed by atoms with E-state index in [1.807, 2.05) is 13.8 Å². The Morgan fingerprint density at radius 3 is 2.33 bits per heavy atom. The standard InChI is InChI=1S/C11H12ClF3/c1-7(2)6-8-4-3-5-9(10(8)12)11(13,14)15/h3-5,7H,6H2,1-2H3. The predicted molar refractivity (Wildman–Crippen MR) is 55.0 cm³/mol. The smallest absolute Gasteiger partial charge is 0.166 e. The van der Waals surface area contributed by atoms with Gasteiger partial charge in [-0.1, -0.05) is 37.6 Å². The molecule has 0 N–H and O–H groups in total. The fourth-order valence-corrected chi connectivity index (χ4v) is 1.71. The highest BCUT2D eigenvalue weighted by atomic mass is 35.5. The highest BCUT2D eigenvalue weighted by Crippen LogP contribution is 2.36. The SMILES string of the molecule is CC(C)Cc1cccc(C(F)(F)F)c1Cl. The van der Waals surface area contributed by atoms with Gasteiger partial charge in [-0.3, -0.25) is 0 Å². The van der Waals surface area contributed by atoms with E-state index in [0.29, 0.717) is 12.0 Å². The third kappa shape index (κ3) is 3.13. The van der Waals surface area contributed by atoms with Gasteiger partial charge in [-0.2, -0.15) is 13.2 Å². The molecule has 1 aromatic carbocycles. The van der Waals surface area contributed by atoms with E-state index >= 15 is 0 Å². The molecule has 15 heavy (non-hydrogen) atoms. The maximum Gasteiger partial charge on any atom is 0.417 e. The van der Waals surface area contributed by atoms with E-state index in [0.717, 1.165) is 6.07 Å². The van der Waals surface area contributed by atoms with E-state index in [1.54, 1.807) is 6.07 Å². The van der Waals surface area contributed by atoms with E-state index in [9.17, 15) is 13.2 Å². The molecule has 0 saturated heterocycles. The summed E-state index contributed by atoms with van der Waals surface area (Å²) in [4.78, 5) is 0. The summed E-state index contributed by atoms with van der Waals surface area (Å²) in [7, 11) is 0. The van der Waals surface area contributed by atoms with Crippen molar-refractivity contribution in [3.8, 4) is 0 Å². The van der Waals surface area contributed by atoms with Gasteiger partial charge in [-0.15, -0.1) is 0 Å². The van der Waals surface area contributed by atoms with Gasteiger partial charge in [0.25, 0.3) is 0 Å². The monoisotopic (exact) mass is 236 g/mol. The average molecular weight is 237 g/mol. The van der Waals surface area contributed by atoms with Crippen molar-refractivity contribution in [1.29, 1.82) is 0 Å². The average Bonchev–Trinajstić information content (AvgIpc) is 2.05. The second-order valence-electron chi connectivity index (χ2n) is 3.87. The minimum Gasteiger partial charge on any atom is -0.166 e. The van der Waals surface area contributed by atoms with Crippen molar-refractivity contribution in [3.63, 3.8) is 0 Å². The van der Waals surface area contributed by atoms with Crippen molar-refractivity contribution in [2.75, 3.05) is 0 Å². The van der Waals surface area contributed by atoms with Crippen LogP contribution in [0.25, 0.3) is 0 Å². The summed E-state index contributed by atoms with van der Waals surface area (Å²) in [5.41, 5.74) is -0.191. The van der Waals surface area contributed by atoms with Crippen LogP contribution in [0, 0.1) is 5.92 Å². The molecule has 0 spiro atoms. The highest BCUT2D eigenvalue weighted by molar-refractivity contribution is 6.32. The van der Waals surface area contributed by atoms with Crippen molar-refractivity contribution >= 4 is 11.6 Å². The Labute approximate surface area is 92.1 Å². The number of benzene rings is 1. The van der Waals surface area contributed by atoms with Crippen LogP contribution < -0.4 is 0 Å². The van der Waals surface area contributed by atoms with Gasteiger partial charge < -0.3 is 0 Å². The largest absolute Gasteiger partial charge is 0.417 e. The first kappa shape index (κ1) is 12.4. The highest BCUT2D eigenvalue weighted by Gasteiger charge is 2.33. The van der Waals surface area contributed by atoms with Crippen molar-refractivity contribution in [2.45, 2.75) is 26.4 Å². The van der Waals surface area contributed by atoms with Crippen LogP contribution in [-0.4, -0.2) is 0 Å². The van der Waals surface area contributed by atoms with Gasteiger partial charge in [-0.25, -0.2) is 0 Å². The summed E-state index contributed by atoms with van der Waals surface area (Å²) in [5.74, 6) is 0.283. The lowest BCUT2D eigenvalue weighted by molar-refractivity contribution is -0.137. The molecule has 0 fully saturated rings. The molecule has 0 unspecified atom stereocenters. The summed E-state index contributed by atoms with van der Waals surface area (Å²) in [5, 5.41) is -0.168. The van der Waals surface area contributed by atoms with Gasteiger partial charge in [-0.05, 0) is 24.0 Å². The van der Waals surface area contributed by atoms with E-state index in [1.165, 1.54) is 6.07 Å². The topological polar surface area (TPSA) is 0 Å². The third-order valence-corrected chi connectivity index (χ3v) is 2.46. The number of hydrogen-bond acceptors (Lipinski definition) is 0. The first-order chi connectivity index (χ1) is 6.82. The molecule has 0 aliphatic rings. The first-order valence-electron chi connectivity index (χ1n) is 4.67. The van der Waals surface area contributed by atoms with Gasteiger partial charge in [0.15, 0.2) is 0 Å². The van der Waals surface area contributed by atoms with Crippen molar-refractivity contribution < 1.29 is 13.2 Å². The summed E-state index contributed by atoms with van der Waals surface area (Å²) >= 11 is 5.72. The fraction of sp³-hybridized carbons (Fsp3) is 0.455. The van der Waals surface area contributed by atoms with Crippen LogP contribution in [0.5, 0.6) is 0 Å². The Morgan fingerprint density at radius 2 is 1.87 bits per heavy atom. The molecule has 0 saturated carbocycles. The van der Waals surface area contributed by atoms with Gasteiger partial charge in [0.2, 0.25) is 0 Å². The Kier molecular flexibility index (Phi) is 3.66. The normalized spacial score (nSPS) is 12.2. The predicted octanol–water partition coefficient (Wildman–Crippen LogP) is 4.56. The molecular weight excluding hydrogens is 225 g/mol. The Morgan fingerprint density at radius 1 is 1.27 bits per heavy atom. The van der Waals surface area contributed by atoms with Crippen LogP contribution in [0.15, 0.2) is 18.2 Å². The molecule has 0 aliphatic heterocycles. The molecule has 0 bridgehead atoms. The lowest BCUT2D eigenvalue weighted by atomic mass is 10.0. The molecule has 0 nitrogen and oxygen atoms in total. The van der Waals surface area contributed by atoms with Crippen LogP contribution >= 0.6 is 11.6 Å². The molecule has 4 heteroatoms. The van der Waals surface area contributed by atoms with E-state index in [2.05, 4.69) is 0 Å². The minimum absolute atomic E-state index is 0.168. The number of rotatable bonds is 2. The summed E-state index contributed by atoms with van der Waals surface area (Å²) in [6.07, 6.45) is -3.81. The Bertz CT molecular complexity index is 342. The quantitative estimate of drug-likeness (QED) is 0.706. The van der Waals surface area contributed by atoms with E-state index < -0.39 is 11.7 Å². The zero-order chi connectivity index (χ0) is 11.6. The molecule has 0 radical (unpaired) electrons. The maximum atomic E-state index is 12.5. The van der Waals surface area contributed by atoms with Crippen molar-refractivity contribution in [2.24, 2.45) is 5.92 Å². The van der Waals surface area contributed by atoms with Crippen LogP contribution in [0.4, 0.5) is 13.2 Å². The van der Waals surface area contributed by atoms with E-state index in [4.69, 9.17) is 11.6 Å². The number of alkyl halides is 3. The van der Waals surface area contributed by atoms with E-state index in [-0.39, 0.29) is 10.9 Å². The zero-order valence-electron chi connectivity index (χ0n) is 8.53. The Balaban J connectivity index is 3.12. The molecule has 84 valence electrons. The van der Waals surface area contributed by atoms with Gasteiger partial charge in [0, 0.05) is 0 Å². The molecule has 1 aromatic rings. The Hall–Kier alpha value is -0.700. The van der Waals surface area contributed by atoms with Crippen LogP contribution in [-0.2, 0) is 12.6 Å². The number of hydrogen-bond donors (Lipinski definition) is 0. The van der Waals surface area contributed by atoms with Crippen LogP contribution in [0.1, 0.15) is 25.0 Å². The summed E-state index contributed by atoms with van der Waals surface area (Å²) in [6.45, 7) is 3.88. The van der Waals surface area contributed by atoms with Gasteiger partial charge >= 0.3 is 6.18 Å². The molecule has 0 heterocycles. The summed E-state index contributed by atoms with van der Waals surface area (Å²) < 4.78 is 37.4. The lowest BCUT2D eigenvalue weighted by Crippen LogP contribution is -2.07. The van der Waals surface area contributed by atoms with Crippen LogP contribution in [0.2, 0.25) is 5.02 Å². The lowest BCUT2D eigenvalue weighted by Gasteiger charge is -2.13. The second-order valence-corrected chi connectivity index (χ2v) is 4.25. The molecule has 1 rings (SSSR count). The molecular formula is C11H12ClF3. The molecule has 0 amide bonds. The van der Waals surface area contributed by atoms with Crippen molar-refractivity contribution in [1.82, 2.24) is 0 Å².